The van der Waals surface area contributed by atoms with Crippen LogP contribution in [-0.2, 0) is 42.5 Å². The Bertz CT molecular complexity index is 998. The fourth-order valence-electron chi connectivity index (χ4n) is 3.73. The van der Waals surface area contributed by atoms with Crippen molar-refractivity contribution in [1.82, 2.24) is 10.2 Å². The number of halogens is 6. The zero-order chi connectivity index (χ0) is 24.9. The van der Waals surface area contributed by atoms with E-state index in [0.29, 0.717) is 5.56 Å². The van der Waals surface area contributed by atoms with Gasteiger partial charge in [0.15, 0.2) is 0 Å². The maximum Gasteiger partial charge on any atom is 0.416 e. The highest BCUT2D eigenvalue weighted by Crippen LogP contribution is 2.44. The maximum atomic E-state index is 13.0. The van der Waals surface area contributed by atoms with Crippen LogP contribution in [0.15, 0.2) is 24.3 Å². The third-order valence-electron chi connectivity index (χ3n) is 5.32. The first kappa shape index (κ1) is 26.1. The molecule has 0 aromatic heterocycles. The molecule has 1 aromatic rings. The quantitative estimate of drug-likeness (QED) is 0.346. The zero-order valence-electron chi connectivity index (χ0n) is 17.1. The molecule has 0 saturated carbocycles. The number of amides is 2. The summed E-state index contributed by atoms with van der Waals surface area (Å²) in [4.78, 5) is 38.7. The molecule has 7 nitrogen and oxygen atoms in total. The van der Waals surface area contributed by atoms with Gasteiger partial charge in [-0.05, 0) is 31.5 Å². The summed E-state index contributed by atoms with van der Waals surface area (Å²) in [6.07, 6.45) is -4.79. The van der Waals surface area contributed by atoms with Crippen LogP contribution >= 0.6 is 34.8 Å². The van der Waals surface area contributed by atoms with Crippen LogP contribution in [0.5, 0.6) is 0 Å². The van der Waals surface area contributed by atoms with Crippen molar-refractivity contribution in [3.63, 3.8) is 0 Å². The van der Waals surface area contributed by atoms with Crippen molar-refractivity contribution in [1.29, 1.82) is 0 Å². The Morgan fingerprint density at radius 3 is 2.27 bits per heavy atom. The summed E-state index contributed by atoms with van der Waals surface area (Å²) in [6, 6.07) is 1.64. The van der Waals surface area contributed by atoms with Gasteiger partial charge in [-0.25, -0.2) is 4.79 Å². The Kier molecular flexibility index (Phi) is 7.03. The number of hydrogen-bond donors (Lipinski definition) is 1. The second kappa shape index (κ2) is 8.90. The topological polar surface area (TPSA) is 92.8 Å². The number of rotatable bonds is 5. The number of nitrogens with one attached hydrogen (secondary N) is 1. The number of ether oxygens (including phenoxy) is 1. The average molecular weight is 550 g/mol. The Hall–Kier alpha value is -1.56. The standard InChI is InChI=1S/C19H18Cl3F3N2O5S/c1-17(2)13(16(30)32-8-18(20,21)22)27-14(29)12(15(27)33(17)31)26-11(28)7-9-3-5-10(6-4-9)19(23,24)25/h3-6,12-13,15H,7-8H2,1-2H3,(H,26,28)/t12-,13+,15-,33-/m1/s1. The van der Waals surface area contributed by atoms with Gasteiger partial charge in [0, 0.05) is 0 Å². The van der Waals surface area contributed by atoms with E-state index in [0.717, 1.165) is 29.2 Å². The van der Waals surface area contributed by atoms with Crippen molar-refractivity contribution in [2.45, 2.75) is 52.4 Å². The Balaban J connectivity index is 1.67. The first-order valence-corrected chi connectivity index (χ1v) is 11.8. The molecule has 2 aliphatic rings. The molecule has 4 atom stereocenters. The van der Waals surface area contributed by atoms with E-state index < -0.39 is 72.9 Å². The number of esters is 1. The van der Waals surface area contributed by atoms with E-state index in [2.05, 4.69) is 5.32 Å². The molecule has 2 saturated heterocycles. The van der Waals surface area contributed by atoms with Gasteiger partial charge in [-0.15, -0.1) is 0 Å². The molecule has 182 valence electrons. The number of fused-ring (bicyclic) bond motifs is 1. The predicted octanol–water partition coefficient (Wildman–Crippen LogP) is 2.72. The molecule has 1 aromatic carbocycles. The first-order valence-electron chi connectivity index (χ1n) is 9.46. The van der Waals surface area contributed by atoms with E-state index in [1.54, 1.807) is 0 Å². The van der Waals surface area contributed by atoms with Crippen LogP contribution in [0.25, 0.3) is 0 Å². The van der Waals surface area contributed by atoms with Crippen LogP contribution in [-0.4, -0.2) is 59.5 Å². The molecule has 3 rings (SSSR count). The van der Waals surface area contributed by atoms with Crippen molar-refractivity contribution in [3.8, 4) is 0 Å². The third-order valence-corrected chi connectivity index (χ3v) is 7.84. The van der Waals surface area contributed by atoms with Gasteiger partial charge < -0.3 is 15.0 Å². The molecule has 1 N–H and O–H groups in total. The van der Waals surface area contributed by atoms with E-state index in [4.69, 9.17) is 39.5 Å². The van der Waals surface area contributed by atoms with Crippen molar-refractivity contribution in [2.75, 3.05) is 6.61 Å². The van der Waals surface area contributed by atoms with E-state index in [9.17, 15) is 31.8 Å². The molecular weight excluding hydrogens is 532 g/mol. The number of carbonyl (C=O) groups excluding carboxylic acids is 3. The van der Waals surface area contributed by atoms with Crippen LogP contribution in [0.2, 0.25) is 0 Å². The first-order chi connectivity index (χ1) is 15.0. The predicted molar refractivity (Wildman–Crippen MR) is 115 cm³/mol. The summed E-state index contributed by atoms with van der Waals surface area (Å²) in [6.45, 7) is 2.45. The van der Waals surface area contributed by atoms with Gasteiger partial charge in [0.2, 0.25) is 15.6 Å². The molecular formula is C19H18Cl3F3N2O5S. The van der Waals surface area contributed by atoms with E-state index in [1.165, 1.54) is 13.8 Å². The maximum absolute atomic E-state index is 13.0. The summed E-state index contributed by atoms with van der Waals surface area (Å²) in [5.74, 6) is -2.19. The Morgan fingerprint density at radius 1 is 1.18 bits per heavy atom. The van der Waals surface area contributed by atoms with Gasteiger partial charge in [-0.1, -0.05) is 46.9 Å². The lowest BCUT2D eigenvalue weighted by atomic mass is 9.96. The molecule has 0 radical (unpaired) electrons. The molecule has 14 heteroatoms. The van der Waals surface area contributed by atoms with Crippen LogP contribution in [0.1, 0.15) is 25.0 Å². The van der Waals surface area contributed by atoms with Crippen molar-refractivity contribution >= 4 is 63.4 Å². The molecule has 2 amide bonds. The SMILES string of the molecule is CC1(C)[C@H](C(=O)OCC(Cl)(Cl)Cl)N2C(=O)[C@@H](NC(=O)Cc3ccc(C(F)(F)F)cc3)[C@H]2[S@]1=O. The lowest BCUT2D eigenvalue weighted by molar-refractivity contribution is -0.164. The van der Waals surface area contributed by atoms with Crippen LogP contribution < -0.4 is 5.32 Å². The molecule has 33 heavy (non-hydrogen) atoms. The largest absolute Gasteiger partial charge is 0.460 e. The monoisotopic (exact) mass is 548 g/mol. The molecule has 2 aliphatic heterocycles. The van der Waals surface area contributed by atoms with E-state index >= 15 is 0 Å². The minimum Gasteiger partial charge on any atom is -0.460 e. The van der Waals surface area contributed by atoms with Crippen LogP contribution in [0.3, 0.4) is 0 Å². The van der Waals surface area contributed by atoms with Gasteiger partial charge in [0.05, 0.1) is 27.5 Å². The fourth-order valence-corrected chi connectivity index (χ4v) is 5.81. The van der Waals surface area contributed by atoms with Crippen molar-refractivity contribution in [2.24, 2.45) is 0 Å². The highest BCUT2D eigenvalue weighted by molar-refractivity contribution is 7.87. The number of benzene rings is 1. The number of β-lactam (4-membered cyclic amide) rings is 1. The molecule has 0 aliphatic carbocycles. The fraction of sp³-hybridized carbons (Fsp3) is 0.526. The van der Waals surface area contributed by atoms with Crippen molar-refractivity contribution < 1.29 is 36.5 Å². The summed E-state index contributed by atoms with van der Waals surface area (Å²) in [5, 5.41) is 1.48. The van der Waals surface area contributed by atoms with Gasteiger partial charge in [0.1, 0.15) is 24.1 Å². The van der Waals surface area contributed by atoms with Crippen LogP contribution in [0, 0.1) is 0 Å². The highest BCUT2D eigenvalue weighted by Gasteiger charge is 2.68. The van der Waals surface area contributed by atoms with E-state index in [1.807, 2.05) is 0 Å². The zero-order valence-corrected chi connectivity index (χ0v) is 20.2. The molecule has 2 heterocycles. The highest BCUT2D eigenvalue weighted by atomic mass is 35.6. The molecule has 0 spiro atoms. The molecule has 2 fully saturated rings. The summed E-state index contributed by atoms with van der Waals surface area (Å²) < 4.78 is 52.9. The summed E-state index contributed by atoms with van der Waals surface area (Å²) >= 11 is 16.7. The normalized spacial score (nSPS) is 26.4. The lowest BCUT2D eigenvalue weighted by Gasteiger charge is -2.43. The number of nitrogens with zero attached hydrogens (tertiary/aromatic N) is 1. The minimum absolute atomic E-state index is 0.292. The second-order valence-electron chi connectivity index (χ2n) is 8.08. The van der Waals surface area contributed by atoms with E-state index in [-0.39, 0.29) is 6.42 Å². The second-order valence-corrected chi connectivity index (χ2v) is 12.7. The van der Waals surface area contributed by atoms with Crippen molar-refractivity contribution in [3.05, 3.63) is 35.4 Å². The van der Waals surface area contributed by atoms with Gasteiger partial charge in [0.25, 0.3) is 0 Å². The number of carbonyl (C=O) groups is 3. The Morgan fingerprint density at radius 2 is 1.76 bits per heavy atom. The number of alkyl halides is 6. The van der Waals surface area contributed by atoms with Crippen LogP contribution in [0.4, 0.5) is 13.2 Å². The smallest absolute Gasteiger partial charge is 0.416 e. The lowest BCUT2D eigenvalue weighted by Crippen LogP contribution is -2.71. The third kappa shape index (κ3) is 5.26. The number of hydrogen-bond acceptors (Lipinski definition) is 5. The average Bonchev–Trinajstić information content (AvgIpc) is 2.87. The Labute approximate surface area is 204 Å². The summed E-state index contributed by atoms with van der Waals surface area (Å²) in [5.41, 5.74) is -0.558. The van der Waals surface area contributed by atoms with Gasteiger partial charge in [-0.2, -0.15) is 13.2 Å². The van der Waals surface area contributed by atoms with Gasteiger partial charge in [-0.3, -0.25) is 13.8 Å². The summed E-state index contributed by atoms with van der Waals surface area (Å²) in [7, 11) is -1.76. The molecule has 0 unspecified atom stereocenters. The molecule has 0 bridgehead atoms. The van der Waals surface area contributed by atoms with Gasteiger partial charge >= 0.3 is 12.1 Å². The minimum atomic E-state index is -4.50.